The molecule has 0 saturated carbocycles. The summed E-state index contributed by atoms with van der Waals surface area (Å²) in [6.45, 7) is 2.10. The third-order valence-electron chi connectivity index (χ3n) is 2.84. The summed E-state index contributed by atoms with van der Waals surface area (Å²) in [4.78, 5) is 0.236. The van der Waals surface area contributed by atoms with Gasteiger partial charge in [0.1, 0.15) is 0 Å². The maximum absolute atomic E-state index is 11.5. The second-order valence-corrected chi connectivity index (χ2v) is 6.24. The van der Waals surface area contributed by atoms with Crippen LogP contribution in [0.2, 0.25) is 0 Å². The largest absolute Gasteiger partial charge is 0.224 e. The maximum Gasteiger partial charge on any atom is 0.176 e. The summed E-state index contributed by atoms with van der Waals surface area (Å²) in [5, 5.41) is 0. The average molecular weight is 259 g/mol. The van der Waals surface area contributed by atoms with Crippen molar-refractivity contribution in [3.05, 3.63) is 54.1 Å². The lowest BCUT2D eigenvalue weighted by Crippen LogP contribution is -1.97. The van der Waals surface area contributed by atoms with Crippen molar-refractivity contribution in [3.63, 3.8) is 0 Å². The zero-order valence-electron chi connectivity index (χ0n) is 10.5. The van der Waals surface area contributed by atoms with Crippen LogP contribution in [-0.2, 0) is 16.3 Å². The van der Waals surface area contributed by atoms with Crippen LogP contribution in [0.4, 0.5) is 0 Å². The third-order valence-corrected chi connectivity index (χ3v) is 3.88. The van der Waals surface area contributed by atoms with Gasteiger partial charge in [-0.15, -0.1) is 0 Å². The lowest BCUT2D eigenvalue weighted by molar-refractivity contribution is 0.602. The van der Waals surface area contributed by atoms with Gasteiger partial charge in [-0.2, -0.15) is 0 Å². The van der Waals surface area contributed by atoms with Crippen molar-refractivity contribution in [2.45, 2.75) is 18.2 Å². The first-order valence-electron chi connectivity index (χ1n) is 5.82. The Bertz CT molecular complexity index is 640. The molecule has 2 aromatic rings. The van der Waals surface area contributed by atoms with E-state index in [2.05, 4.69) is 25.1 Å². The van der Waals surface area contributed by atoms with Crippen molar-refractivity contribution >= 4 is 9.84 Å². The second kappa shape index (κ2) is 4.94. The summed E-state index contributed by atoms with van der Waals surface area (Å²) in [5.74, 6) is 0. The maximum atomic E-state index is 11.5. The average Bonchev–Trinajstić information content (AvgIpc) is 2.38. The van der Waals surface area contributed by atoms with E-state index in [-0.39, 0.29) is 4.90 Å². The Morgan fingerprint density at radius 1 is 1.06 bits per heavy atom. The Labute approximate surface area is 108 Å². The van der Waals surface area contributed by atoms with Crippen LogP contribution in [0.15, 0.2) is 47.4 Å². The number of hydrogen-bond donors (Lipinski definition) is 0. The van der Waals surface area contributed by atoms with E-state index in [4.69, 9.17) is 0 Å². The molecule has 0 heterocycles. The van der Waals surface area contributed by atoms with E-state index in [9.17, 15) is 8.42 Å². The monoisotopic (exact) mass is 259 g/mol. The van der Waals surface area contributed by atoms with Gasteiger partial charge < -0.3 is 0 Å². The Hall–Kier alpha value is -1.61. The molecule has 0 spiro atoms. The van der Waals surface area contributed by atoms with Gasteiger partial charge in [-0.25, -0.2) is 8.42 Å². The summed E-state index contributed by atoms with van der Waals surface area (Å²) >= 11 is 0. The van der Waals surface area contributed by atoms with E-state index in [1.165, 1.54) is 11.8 Å². The van der Waals surface area contributed by atoms with Gasteiger partial charge >= 0.3 is 0 Å². The second-order valence-electron chi connectivity index (χ2n) is 4.25. The smallest absolute Gasteiger partial charge is 0.176 e. The molecule has 0 fully saturated rings. The number of aryl methyl sites for hydroxylation is 1. The van der Waals surface area contributed by atoms with Crippen LogP contribution in [0.5, 0.6) is 0 Å². The van der Waals surface area contributed by atoms with Crippen LogP contribution in [0, 0.1) is 6.07 Å². The van der Waals surface area contributed by atoms with Gasteiger partial charge in [0, 0.05) is 12.3 Å². The highest BCUT2D eigenvalue weighted by molar-refractivity contribution is 7.90. The Morgan fingerprint density at radius 2 is 1.72 bits per heavy atom. The standard InChI is InChI=1S/C15H15O2S/c1-3-12-7-9-13(10-8-12)14-5-4-6-15(11-14)18(2,16)17/h4-10H,3H2,1-2H3. The first-order chi connectivity index (χ1) is 8.50. The molecule has 93 valence electrons. The Morgan fingerprint density at radius 3 is 2.28 bits per heavy atom. The summed E-state index contributed by atoms with van der Waals surface area (Å²) < 4.78 is 23.0. The quantitative estimate of drug-likeness (QED) is 0.848. The highest BCUT2D eigenvalue weighted by Gasteiger charge is 2.08. The molecule has 0 aliphatic carbocycles. The van der Waals surface area contributed by atoms with Crippen molar-refractivity contribution in [1.29, 1.82) is 0 Å². The molecular weight excluding hydrogens is 244 g/mol. The topological polar surface area (TPSA) is 34.1 Å². The molecule has 0 aliphatic heterocycles. The molecule has 2 nitrogen and oxygen atoms in total. The van der Waals surface area contributed by atoms with E-state index >= 15 is 0 Å². The van der Waals surface area contributed by atoms with Gasteiger partial charge in [0.2, 0.25) is 0 Å². The summed E-state index contributed by atoms with van der Waals surface area (Å²) in [7, 11) is -3.20. The molecule has 0 aromatic heterocycles. The molecule has 0 atom stereocenters. The van der Waals surface area contributed by atoms with Crippen LogP contribution in [-0.4, -0.2) is 14.7 Å². The van der Waals surface area contributed by atoms with Gasteiger partial charge in [-0.3, -0.25) is 0 Å². The molecule has 0 unspecified atom stereocenters. The third kappa shape index (κ3) is 2.79. The highest BCUT2D eigenvalue weighted by atomic mass is 32.2. The Kier molecular flexibility index (Phi) is 3.53. The van der Waals surface area contributed by atoms with E-state index in [1.54, 1.807) is 12.1 Å². The van der Waals surface area contributed by atoms with Gasteiger partial charge in [-0.05, 0) is 29.2 Å². The zero-order valence-corrected chi connectivity index (χ0v) is 11.3. The predicted molar refractivity (Wildman–Crippen MR) is 73.2 cm³/mol. The van der Waals surface area contributed by atoms with Crippen LogP contribution < -0.4 is 0 Å². The molecule has 2 aromatic carbocycles. The molecular formula is C15H15O2S. The Balaban J connectivity index is 2.44. The van der Waals surface area contributed by atoms with Gasteiger partial charge in [0.05, 0.1) is 4.90 Å². The minimum atomic E-state index is -3.20. The molecule has 0 aliphatic rings. The molecule has 1 radical (unpaired) electrons. The molecule has 18 heavy (non-hydrogen) atoms. The van der Waals surface area contributed by atoms with Gasteiger partial charge in [-0.1, -0.05) is 43.3 Å². The zero-order chi connectivity index (χ0) is 13.2. The minimum Gasteiger partial charge on any atom is -0.224 e. The number of rotatable bonds is 3. The van der Waals surface area contributed by atoms with E-state index < -0.39 is 9.84 Å². The lowest BCUT2D eigenvalue weighted by atomic mass is 10.0. The van der Waals surface area contributed by atoms with E-state index in [0.717, 1.165) is 17.5 Å². The fourth-order valence-electron chi connectivity index (χ4n) is 1.75. The van der Waals surface area contributed by atoms with Crippen molar-refractivity contribution in [2.75, 3.05) is 6.26 Å². The first-order valence-corrected chi connectivity index (χ1v) is 7.71. The summed E-state index contributed by atoms with van der Waals surface area (Å²) in [6.07, 6.45) is 2.19. The molecule has 3 heteroatoms. The molecule has 0 amide bonds. The summed E-state index contributed by atoms with van der Waals surface area (Å²) in [6, 6.07) is 16.2. The van der Waals surface area contributed by atoms with Gasteiger partial charge in [0.15, 0.2) is 9.84 Å². The fourth-order valence-corrected chi connectivity index (χ4v) is 2.37. The SMILES string of the molecule is CCc1ccc(-c2[c]c(S(C)(=O)=O)ccc2)cc1. The molecule has 0 saturated heterocycles. The number of sulfone groups is 1. The van der Waals surface area contributed by atoms with Crippen LogP contribution >= 0.6 is 0 Å². The normalized spacial score (nSPS) is 11.4. The van der Waals surface area contributed by atoms with E-state index in [0.29, 0.717) is 0 Å². The van der Waals surface area contributed by atoms with E-state index in [1.807, 2.05) is 18.2 Å². The van der Waals surface area contributed by atoms with Crippen LogP contribution in [0.3, 0.4) is 0 Å². The fraction of sp³-hybridized carbons (Fsp3) is 0.200. The molecule has 2 rings (SSSR count). The predicted octanol–water partition coefficient (Wildman–Crippen LogP) is 3.12. The van der Waals surface area contributed by atoms with Crippen LogP contribution in [0.1, 0.15) is 12.5 Å². The molecule has 0 bridgehead atoms. The number of benzene rings is 2. The van der Waals surface area contributed by atoms with Crippen LogP contribution in [0.25, 0.3) is 11.1 Å². The van der Waals surface area contributed by atoms with Crippen molar-refractivity contribution in [1.82, 2.24) is 0 Å². The van der Waals surface area contributed by atoms with Crippen molar-refractivity contribution in [2.24, 2.45) is 0 Å². The highest BCUT2D eigenvalue weighted by Crippen LogP contribution is 2.22. The summed E-state index contributed by atoms with van der Waals surface area (Å²) in [5.41, 5.74) is 3.05. The minimum absolute atomic E-state index is 0.236. The number of hydrogen-bond acceptors (Lipinski definition) is 2. The molecule has 0 N–H and O–H groups in total. The van der Waals surface area contributed by atoms with Gasteiger partial charge in [0.25, 0.3) is 0 Å². The van der Waals surface area contributed by atoms with Crippen molar-refractivity contribution in [3.8, 4) is 11.1 Å². The first kappa shape index (κ1) is 12.8. The lowest BCUT2D eigenvalue weighted by Gasteiger charge is -2.04. The van der Waals surface area contributed by atoms with Crippen molar-refractivity contribution < 1.29 is 8.42 Å².